The van der Waals surface area contributed by atoms with Crippen molar-refractivity contribution < 1.29 is 19.4 Å². The van der Waals surface area contributed by atoms with E-state index in [1.54, 1.807) is 30.3 Å². The van der Waals surface area contributed by atoms with Crippen LogP contribution in [0, 0.1) is 0 Å². The first-order valence-electron chi connectivity index (χ1n) is 4.69. The van der Waals surface area contributed by atoms with Crippen molar-refractivity contribution in [2.45, 2.75) is 12.0 Å². The molecular weight excluding hydrogens is 210 g/mol. The minimum atomic E-state index is -1.20. The molecular formula is C11H13NO4. The lowest BCUT2D eigenvalue weighted by atomic mass is 9.92. The summed E-state index contributed by atoms with van der Waals surface area (Å²) in [5.74, 6) is -2.98. The highest BCUT2D eigenvalue weighted by Gasteiger charge is 2.32. The van der Waals surface area contributed by atoms with Crippen LogP contribution in [0.4, 0.5) is 0 Å². The van der Waals surface area contributed by atoms with Crippen molar-refractivity contribution in [2.24, 2.45) is 5.73 Å². The number of hydrogen-bond acceptors (Lipinski definition) is 4. The summed E-state index contributed by atoms with van der Waals surface area (Å²) in [6, 6.07) is 7.16. The highest BCUT2D eigenvalue weighted by molar-refractivity contribution is 5.87. The Balaban J connectivity index is 3.01. The molecule has 0 aliphatic heterocycles. The van der Waals surface area contributed by atoms with Crippen LogP contribution in [-0.4, -0.2) is 30.2 Å². The quantitative estimate of drug-likeness (QED) is 0.719. The van der Waals surface area contributed by atoms with Crippen molar-refractivity contribution in [3.63, 3.8) is 0 Å². The van der Waals surface area contributed by atoms with Gasteiger partial charge in [0.15, 0.2) is 0 Å². The number of benzene rings is 1. The number of hydrogen-bond donors (Lipinski definition) is 2. The van der Waals surface area contributed by atoms with Crippen molar-refractivity contribution in [1.82, 2.24) is 0 Å². The van der Waals surface area contributed by atoms with Gasteiger partial charge in [-0.15, -0.1) is 0 Å². The molecule has 0 saturated heterocycles. The molecule has 1 aromatic rings. The molecule has 0 aliphatic carbocycles. The van der Waals surface area contributed by atoms with Crippen molar-refractivity contribution >= 4 is 11.9 Å². The first-order chi connectivity index (χ1) is 7.57. The predicted molar refractivity (Wildman–Crippen MR) is 56.8 cm³/mol. The van der Waals surface area contributed by atoms with Gasteiger partial charge >= 0.3 is 11.9 Å². The fraction of sp³-hybridized carbons (Fsp3) is 0.273. The maximum absolute atomic E-state index is 11.2. The number of esters is 1. The van der Waals surface area contributed by atoms with Crippen LogP contribution in [-0.2, 0) is 14.3 Å². The summed E-state index contributed by atoms with van der Waals surface area (Å²) >= 11 is 0. The summed E-state index contributed by atoms with van der Waals surface area (Å²) in [6.07, 6.45) is 0. The van der Waals surface area contributed by atoms with E-state index in [1.807, 2.05) is 0 Å². The number of ether oxygens (including phenoxy) is 1. The number of carboxylic acid groups (broad SMARTS) is 1. The van der Waals surface area contributed by atoms with E-state index >= 15 is 0 Å². The number of carboxylic acids is 1. The zero-order chi connectivity index (χ0) is 12.1. The van der Waals surface area contributed by atoms with Crippen LogP contribution in [0.25, 0.3) is 0 Å². The molecule has 3 N–H and O–H groups in total. The molecule has 0 amide bonds. The van der Waals surface area contributed by atoms with Crippen molar-refractivity contribution in [1.29, 1.82) is 0 Å². The van der Waals surface area contributed by atoms with E-state index in [2.05, 4.69) is 4.74 Å². The summed E-state index contributed by atoms with van der Waals surface area (Å²) in [5, 5.41) is 9.05. The zero-order valence-corrected chi connectivity index (χ0v) is 8.79. The molecule has 0 aliphatic rings. The number of methoxy groups -OCH3 is 1. The number of carbonyl (C=O) groups is 2. The van der Waals surface area contributed by atoms with Crippen LogP contribution < -0.4 is 5.73 Å². The van der Waals surface area contributed by atoms with Crippen molar-refractivity contribution in [2.75, 3.05) is 7.11 Å². The Morgan fingerprint density at radius 1 is 1.31 bits per heavy atom. The van der Waals surface area contributed by atoms with Gasteiger partial charge < -0.3 is 15.6 Å². The first-order valence-corrected chi connectivity index (χ1v) is 4.69. The molecule has 0 saturated carbocycles. The lowest BCUT2D eigenvalue weighted by Gasteiger charge is -2.18. The second-order valence-corrected chi connectivity index (χ2v) is 3.28. The van der Waals surface area contributed by atoms with Gasteiger partial charge in [-0.05, 0) is 5.56 Å². The van der Waals surface area contributed by atoms with Crippen LogP contribution in [0.5, 0.6) is 0 Å². The third-order valence-electron chi connectivity index (χ3n) is 2.26. The van der Waals surface area contributed by atoms with Crippen LogP contribution in [0.15, 0.2) is 30.3 Å². The van der Waals surface area contributed by atoms with E-state index < -0.39 is 23.9 Å². The second-order valence-electron chi connectivity index (χ2n) is 3.28. The Kier molecular flexibility index (Phi) is 4.02. The van der Waals surface area contributed by atoms with Gasteiger partial charge in [0, 0.05) is 0 Å². The molecule has 0 fully saturated rings. The predicted octanol–water partition coefficient (Wildman–Crippen LogP) is 0.355. The summed E-state index contributed by atoms with van der Waals surface area (Å²) in [5.41, 5.74) is 6.03. The highest BCUT2D eigenvalue weighted by atomic mass is 16.5. The SMILES string of the molecule is COC(=O)C(N)[C@@H](C(=O)O)c1ccccc1. The molecule has 0 spiro atoms. The van der Waals surface area contributed by atoms with Crippen LogP contribution in [0.3, 0.4) is 0 Å². The molecule has 0 heterocycles. The number of rotatable bonds is 4. The van der Waals surface area contributed by atoms with Crippen molar-refractivity contribution in [3.05, 3.63) is 35.9 Å². The van der Waals surface area contributed by atoms with Gasteiger partial charge in [0.05, 0.1) is 7.11 Å². The van der Waals surface area contributed by atoms with E-state index in [-0.39, 0.29) is 0 Å². The van der Waals surface area contributed by atoms with Gasteiger partial charge in [-0.3, -0.25) is 9.59 Å². The average Bonchev–Trinajstić information content (AvgIpc) is 2.29. The molecule has 5 nitrogen and oxygen atoms in total. The van der Waals surface area contributed by atoms with Gasteiger partial charge in [0.25, 0.3) is 0 Å². The third kappa shape index (κ3) is 2.58. The summed E-state index contributed by atoms with van der Waals surface area (Å²) < 4.78 is 4.44. The van der Waals surface area contributed by atoms with Gasteiger partial charge in [0.2, 0.25) is 0 Å². The second kappa shape index (κ2) is 5.27. The molecule has 0 bridgehead atoms. The normalized spacial score (nSPS) is 13.9. The third-order valence-corrected chi connectivity index (χ3v) is 2.26. The fourth-order valence-electron chi connectivity index (χ4n) is 1.44. The molecule has 5 heteroatoms. The molecule has 16 heavy (non-hydrogen) atoms. The monoisotopic (exact) mass is 223 g/mol. The fourth-order valence-corrected chi connectivity index (χ4v) is 1.44. The Morgan fingerprint density at radius 3 is 2.31 bits per heavy atom. The van der Waals surface area contributed by atoms with E-state index in [0.29, 0.717) is 5.56 Å². The summed E-state index contributed by atoms with van der Waals surface area (Å²) in [7, 11) is 1.17. The molecule has 2 atom stereocenters. The van der Waals surface area contributed by atoms with E-state index in [1.165, 1.54) is 7.11 Å². The number of nitrogens with two attached hydrogens (primary N) is 1. The van der Waals surface area contributed by atoms with E-state index in [9.17, 15) is 9.59 Å². The zero-order valence-electron chi connectivity index (χ0n) is 8.79. The van der Waals surface area contributed by atoms with Gasteiger partial charge in [-0.2, -0.15) is 0 Å². The average molecular weight is 223 g/mol. The maximum atomic E-state index is 11.2. The standard InChI is InChI=1S/C11H13NO4/c1-16-11(15)9(12)8(10(13)14)7-5-3-2-4-6-7/h2-6,8-9H,12H2,1H3,(H,13,14)/t8-,9?/m0/s1. The maximum Gasteiger partial charge on any atom is 0.323 e. The van der Waals surface area contributed by atoms with Crippen LogP contribution in [0.1, 0.15) is 11.5 Å². The lowest BCUT2D eigenvalue weighted by Crippen LogP contribution is -2.41. The molecule has 1 unspecified atom stereocenters. The largest absolute Gasteiger partial charge is 0.481 e. The summed E-state index contributed by atoms with van der Waals surface area (Å²) in [6.45, 7) is 0. The number of carbonyl (C=O) groups excluding carboxylic acids is 1. The highest BCUT2D eigenvalue weighted by Crippen LogP contribution is 2.19. The van der Waals surface area contributed by atoms with Gasteiger partial charge in [-0.25, -0.2) is 0 Å². The van der Waals surface area contributed by atoms with Gasteiger partial charge in [0.1, 0.15) is 12.0 Å². The smallest absolute Gasteiger partial charge is 0.323 e. The lowest BCUT2D eigenvalue weighted by molar-refractivity contribution is -0.148. The molecule has 0 aromatic heterocycles. The Hall–Kier alpha value is -1.88. The van der Waals surface area contributed by atoms with E-state index in [0.717, 1.165) is 0 Å². The van der Waals surface area contributed by atoms with Gasteiger partial charge in [-0.1, -0.05) is 30.3 Å². The minimum Gasteiger partial charge on any atom is -0.481 e. The summed E-state index contributed by atoms with van der Waals surface area (Å²) in [4.78, 5) is 22.3. The molecule has 1 rings (SSSR count). The number of aliphatic carboxylic acids is 1. The van der Waals surface area contributed by atoms with Crippen LogP contribution >= 0.6 is 0 Å². The van der Waals surface area contributed by atoms with Crippen LogP contribution in [0.2, 0.25) is 0 Å². The molecule has 86 valence electrons. The van der Waals surface area contributed by atoms with Crippen molar-refractivity contribution in [3.8, 4) is 0 Å². The Bertz CT molecular complexity index is 377. The topological polar surface area (TPSA) is 89.6 Å². The Morgan fingerprint density at radius 2 is 1.88 bits per heavy atom. The molecule has 0 radical (unpaired) electrons. The Labute approximate surface area is 92.8 Å². The molecule has 1 aromatic carbocycles. The van der Waals surface area contributed by atoms with E-state index in [4.69, 9.17) is 10.8 Å². The first kappa shape index (κ1) is 12.2. The minimum absolute atomic E-state index is 0.480.